The molecule has 0 saturated carbocycles. The zero-order chi connectivity index (χ0) is 19.1. The number of amides is 1. The van der Waals surface area contributed by atoms with Gasteiger partial charge in [-0.1, -0.05) is 90.7 Å². The predicted molar refractivity (Wildman–Crippen MR) is 117 cm³/mol. The summed E-state index contributed by atoms with van der Waals surface area (Å²) in [4.78, 5) is 12.4. The number of thioether (sulfide) groups is 2. The maximum atomic E-state index is 12.4. The van der Waals surface area contributed by atoms with Crippen LogP contribution in [0.25, 0.3) is 10.8 Å². The normalized spacial score (nSPS) is 12.2. The average molecular weight is 418 g/mol. The number of hydrogen-bond acceptors (Lipinski definition) is 6. The highest BCUT2D eigenvalue weighted by atomic mass is 32.2. The van der Waals surface area contributed by atoms with Gasteiger partial charge in [0.2, 0.25) is 5.91 Å². The lowest BCUT2D eigenvalue weighted by Gasteiger charge is -2.16. The van der Waals surface area contributed by atoms with Crippen LogP contribution in [0.4, 0.5) is 0 Å². The summed E-state index contributed by atoms with van der Waals surface area (Å²) in [5, 5.41) is 13.8. The van der Waals surface area contributed by atoms with Crippen LogP contribution in [0.1, 0.15) is 38.3 Å². The molecule has 1 amide bonds. The van der Waals surface area contributed by atoms with E-state index in [2.05, 4.69) is 46.7 Å². The highest BCUT2D eigenvalue weighted by Gasteiger charge is 2.14. The third kappa shape index (κ3) is 5.70. The Kier molecular flexibility index (Phi) is 7.55. The quantitative estimate of drug-likeness (QED) is 0.365. The van der Waals surface area contributed by atoms with Crippen molar-refractivity contribution in [2.45, 2.75) is 41.4 Å². The third-order valence-electron chi connectivity index (χ3n) is 4.11. The van der Waals surface area contributed by atoms with Crippen LogP contribution in [0, 0.1) is 0 Å². The van der Waals surface area contributed by atoms with Gasteiger partial charge in [0.05, 0.1) is 11.8 Å². The SMILES string of the molecule is CCCCSc1nnc(SCC(=O)N[C@@H](C)c2cccc3ccccc23)s1. The Morgan fingerprint density at radius 3 is 2.67 bits per heavy atom. The maximum Gasteiger partial charge on any atom is 0.230 e. The zero-order valence-electron chi connectivity index (χ0n) is 15.5. The van der Waals surface area contributed by atoms with Crippen molar-refractivity contribution in [3.63, 3.8) is 0 Å². The van der Waals surface area contributed by atoms with Crippen molar-refractivity contribution in [1.29, 1.82) is 0 Å². The third-order valence-corrected chi connectivity index (χ3v) is 7.38. The number of benzene rings is 2. The van der Waals surface area contributed by atoms with Crippen molar-refractivity contribution in [3.05, 3.63) is 48.0 Å². The lowest BCUT2D eigenvalue weighted by molar-refractivity contribution is -0.119. The molecule has 1 heterocycles. The molecule has 0 aliphatic carbocycles. The molecule has 0 spiro atoms. The van der Waals surface area contributed by atoms with Crippen molar-refractivity contribution in [3.8, 4) is 0 Å². The smallest absolute Gasteiger partial charge is 0.230 e. The van der Waals surface area contributed by atoms with E-state index in [1.807, 2.05) is 25.1 Å². The first-order valence-electron chi connectivity index (χ1n) is 9.03. The molecule has 27 heavy (non-hydrogen) atoms. The van der Waals surface area contributed by atoms with Crippen LogP contribution < -0.4 is 5.32 Å². The molecular weight excluding hydrogens is 394 g/mol. The number of rotatable bonds is 9. The van der Waals surface area contributed by atoms with Crippen LogP contribution in [-0.4, -0.2) is 27.6 Å². The number of unbranched alkanes of at least 4 members (excludes halogenated alkanes) is 1. The van der Waals surface area contributed by atoms with Crippen LogP contribution in [0.2, 0.25) is 0 Å². The number of aromatic nitrogens is 2. The fourth-order valence-corrected chi connectivity index (χ4v) is 5.72. The molecule has 0 aliphatic rings. The van der Waals surface area contributed by atoms with Gasteiger partial charge in [-0.25, -0.2) is 0 Å². The average Bonchev–Trinajstić information content (AvgIpc) is 3.14. The minimum Gasteiger partial charge on any atom is -0.349 e. The van der Waals surface area contributed by atoms with Crippen molar-refractivity contribution < 1.29 is 4.79 Å². The van der Waals surface area contributed by atoms with Gasteiger partial charge in [-0.2, -0.15) is 0 Å². The molecule has 3 aromatic rings. The van der Waals surface area contributed by atoms with Crippen molar-refractivity contribution >= 4 is 51.5 Å². The summed E-state index contributed by atoms with van der Waals surface area (Å²) in [6.07, 6.45) is 2.36. The summed E-state index contributed by atoms with van der Waals surface area (Å²) >= 11 is 4.76. The molecule has 2 aromatic carbocycles. The largest absolute Gasteiger partial charge is 0.349 e. The van der Waals surface area contributed by atoms with Crippen molar-refractivity contribution in [2.24, 2.45) is 0 Å². The van der Waals surface area contributed by atoms with Gasteiger partial charge >= 0.3 is 0 Å². The molecule has 1 atom stereocenters. The molecule has 0 aliphatic heterocycles. The Morgan fingerprint density at radius 1 is 1.11 bits per heavy atom. The van der Waals surface area contributed by atoms with E-state index in [0.29, 0.717) is 5.75 Å². The van der Waals surface area contributed by atoms with E-state index in [0.717, 1.165) is 20.0 Å². The summed E-state index contributed by atoms with van der Waals surface area (Å²) in [7, 11) is 0. The van der Waals surface area contributed by atoms with Gasteiger partial charge in [-0.3, -0.25) is 4.79 Å². The number of hydrogen-bond donors (Lipinski definition) is 1. The van der Waals surface area contributed by atoms with Crippen LogP contribution in [0.15, 0.2) is 51.1 Å². The van der Waals surface area contributed by atoms with Crippen molar-refractivity contribution in [1.82, 2.24) is 15.5 Å². The van der Waals surface area contributed by atoms with E-state index in [9.17, 15) is 4.79 Å². The summed E-state index contributed by atoms with van der Waals surface area (Å²) in [5.41, 5.74) is 1.14. The van der Waals surface area contributed by atoms with Crippen LogP contribution in [0.3, 0.4) is 0 Å². The standard InChI is InChI=1S/C20H23N3OS3/c1-3-4-12-25-19-22-23-20(27-19)26-13-18(24)21-14(2)16-11-7-9-15-8-5-6-10-17(15)16/h5-11,14H,3-4,12-13H2,1-2H3,(H,21,24)/t14-/m0/s1. The van der Waals surface area contributed by atoms with Gasteiger partial charge in [0, 0.05) is 5.75 Å². The topological polar surface area (TPSA) is 54.9 Å². The van der Waals surface area contributed by atoms with E-state index in [4.69, 9.17) is 0 Å². The second-order valence-electron chi connectivity index (χ2n) is 6.18. The Morgan fingerprint density at radius 2 is 1.85 bits per heavy atom. The second kappa shape index (κ2) is 10.1. The molecule has 1 N–H and O–H groups in total. The molecule has 0 saturated heterocycles. The molecular formula is C20H23N3OS3. The zero-order valence-corrected chi connectivity index (χ0v) is 17.9. The highest BCUT2D eigenvalue weighted by molar-refractivity contribution is 8.03. The summed E-state index contributed by atoms with van der Waals surface area (Å²) < 4.78 is 1.83. The van der Waals surface area contributed by atoms with E-state index in [-0.39, 0.29) is 11.9 Å². The van der Waals surface area contributed by atoms with E-state index >= 15 is 0 Å². The second-order valence-corrected chi connectivity index (χ2v) is 9.72. The molecule has 3 rings (SSSR count). The van der Waals surface area contributed by atoms with Crippen LogP contribution in [0.5, 0.6) is 0 Å². The Bertz CT molecular complexity index is 892. The number of nitrogens with zero attached hydrogens (tertiary/aromatic N) is 2. The van der Waals surface area contributed by atoms with Crippen LogP contribution in [-0.2, 0) is 4.79 Å². The Balaban J connectivity index is 1.53. The molecule has 7 heteroatoms. The molecule has 4 nitrogen and oxygen atoms in total. The molecule has 1 aromatic heterocycles. The van der Waals surface area contributed by atoms with Gasteiger partial charge < -0.3 is 5.32 Å². The van der Waals surface area contributed by atoms with E-state index in [1.165, 1.54) is 35.4 Å². The fourth-order valence-electron chi connectivity index (χ4n) is 2.73. The fraction of sp³-hybridized carbons (Fsp3) is 0.350. The number of carbonyl (C=O) groups excluding carboxylic acids is 1. The molecule has 0 bridgehead atoms. The van der Waals surface area contributed by atoms with Crippen molar-refractivity contribution in [2.75, 3.05) is 11.5 Å². The first-order chi connectivity index (χ1) is 13.2. The molecule has 0 unspecified atom stereocenters. The number of nitrogens with one attached hydrogen (secondary N) is 1. The molecule has 0 fully saturated rings. The van der Waals surface area contributed by atoms with Gasteiger partial charge in [-0.05, 0) is 29.7 Å². The minimum atomic E-state index is -0.0428. The van der Waals surface area contributed by atoms with E-state index < -0.39 is 0 Å². The van der Waals surface area contributed by atoms with Gasteiger partial charge in [0.25, 0.3) is 0 Å². The monoisotopic (exact) mass is 417 g/mol. The van der Waals surface area contributed by atoms with Gasteiger partial charge in [0.1, 0.15) is 0 Å². The Labute approximate surface area is 172 Å². The highest BCUT2D eigenvalue weighted by Crippen LogP contribution is 2.29. The predicted octanol–water partition coefficient (Wildman–Crippen LogP) is 5.55. The minimum absolute atomic E-state index is 0.0100. The van der Waals surface area contributed by atoms with Gasteiger partial charge in [0.15, 0.2) is 8.68 Å². The van der Waals surface area contributed by atoms with Gasteiger partial charge in [-0.15, -0.1) is 10.2 Å². The summed E-state index contributed by atoms with van der Waals surface area (Å²) in [6.45, 7) is 4.21. The molecule has 0 radical (unpaired) electrons. The van der Waals surface area contributed by atoms with E-state index in [1.54, 1.807) is 23.1 Å². The number of fused-ring (bicyclic) bond motifs is 1. The van der Waals surface area contributed by atoms with Crippen LogP contribution >= 0.6 is 34.9 Å². The molecule has 142 valence electrons. The summed E-state index contributed by atoms with van der Waals surface area (Å²) in [5.74, 6) is 1.43. The number of carbonyl (C=O) groups is 1. The maximum absolute atomic E-state index is 12.4. The summed E-state index contributed by atoms with van der Waals surface area (Å²) in [6, 6.07) is 14.4. The first-order valence-corrected chi connectivity index (χ1v) is 11.8. The lowest BCUT2D eigenvalue weighted by Crippen LogP contribution is -2.28. The first kappa shape index (κ1) is 20.2. The Hall–Kier alpha value is -1.57. The lowest BCUT2D eigenvalue weighted by atomic mass is 10.00.